The zero-order chi connectivity index (χ0) is 15.2. The van der Waals surface area contributed by atoms with Crippen LogP contribution in [0, 0.1) is 0 Å². The molecular weight excluding hydrogens is 335 g/mol. The molecule has 0 atom stereocenters. The smallest absolute Gasteiger partial charge is 0.266 e. The molecule has 5 nitrogen and oxygen atoms in total. The molecule has 0 radical (unpaired) electrons. The van der Waals surface area contributed by atoms with Crippen molar-refractivity contribution >= 4 is 31.3 Å². The molecule has 1 aliphatic rings. The summed E-state index contributed by atoms with van der Waals surface area (Å²) in [5.41, 5.74) is 1.10. The van der Waals surface area contributed by atoms with E-state index < -0.39 is 9.05 Å². The van der Waals surface area contributed by atoms with Crippen molar-refractivity contribution < 1.29 is 13.2 Å². The number of hydrogen-bond acceptors (Lipinski definition) is 4. The molecular formula is C13H12Cl2N2O3S. The first-order chi connectivity index (χ1) is 9.91. The van der Waals surface area contributed by atoms with E-state index in [9.17, 15) is 8.42 Å². The van der Waals surface area contributed by atoms with Crippen molar-refractivity contribution in [1.82, 2.24) is 9.78 Å². The van der Waals surface area contributed by atoms with Crippen LogP contribution in [0.4, 0.5) is 0 Å². The van der Waals surface area contributed by atoms with E-state index in [0.717, 1.165) is 12.8 Å². The highest BCUT2D eigenvalue weighted by Gasteiger charge is 2.36. The molecule has 21 heavy (non-hydrogen) atoms. The molecule has 8 heteroatoms. The summed E-state index contributed by atoms with van der Waals surface area (Å²) in [7, 11) is 3.14. The van der Waals surface area contributed by atoms with Crippen molar-refractivity contribution in [3.63, 3.8) is 0 Å². The van der Waals surface area contributed by atoms with Gasteiger partial charge in [-0.15, -0.1) is 0 Å². The van der Waals surface area contributed by atoms with Crippen LogP contribution < -0.4 is 4.74 Å². The highest BCUT2D eigenvalue weighted by atomic mass is 35.7. The second-order valence-electron chi connectivity index (χ2n) is 4.83. The predicted molar refractivity (Wildman–Crippen MR) is 80.1 cm³/mol. The van der Waals surface area contributed by atoms with Crippen LogP contribution in [0.3, 0.4) is 0 Å². The number of nitrogens with zero attached hydrogens (tertiary/aromatic N) is 2. The summed E-state index contributed by atoms with van der Waals surface area (Å²) in [6, 6.07) is 7.00. The van der Waals surface area contributed by atoms with Gasteiger partial charge >= 0.3 is 0 Å². The Bertz CT molecular complexity index is 780. The van der Waals surface area contributed by atoms with E-state index in [1.807, 2.05) is 0 Å². The fourth-order valence-corrected chi connectivity index (χ4v) is 4.00. The minimum absolute atomic E-state index is 0.0112. The Morgan fingerprint density at radius 1 is 1.29 bits per heavy atom. The highest BCUT2D eigenvalue weighted by Crippen LogP contribution is 2.45. The van der Waals surface area contributed by atoms with E-state index in [4.69, 9.17) is 27.0 Å². The van der Waals surface area contributed by atoms with Gasteiger partial charge in [-0.05, 0) is 37.1 Å². The molecule has 0 saturated heterocycles. The first-order valence-corrected chi connectivity index (χ1v) is 8.98. The average molecular weight is 347 g/mol. The molecule has 1 fully saturated rings. The monoisotopic (exact) mass is 346 g/mol. The van der Waals surface area contributed by atoms with Crippen molar-refractivity contribution in [2.45, 2.75) is 23.7 Å². The Kier molecular flexibility index (Phi) is 3.63. The van der Waals surface area contributed by atoms with Gasteiger partial charge in [0, 0.05) is 16.6 Å². The van der Waals surface area contributed by atoms with Gasteiger partial charge in [0.05, 0.1) is 18.5 Å². The summed E-state index contributed by atoms with van der Waals surface area (Å²) in [5.74, 6) is 0.806. The number of halogens is 2. The molecule has 0 aliphatic heterocycles. The number of hydrogen-bond donors (Lipinski definition) is 0. The lowest BCUT2D eigenvalue weighted by atomic mass is 10.3. The number of benzene rings is 1. The highest BCUT2D eigenvalue weighted by molar-refractivity contribution is 8.13. The Balaban J connectivity index is 2.14. The third-order valence-electron chi connectivity index (χ3n) is 3.34. The van der Waals surface area contributed by atoms with Crippen LogP contribution in [0.2, 0.25) is 5.15 Å². The lowest BCUT2D eigenvalue weighted by Gasteiger charge is -2.04. The van der Waals surface area contributed by atoms with Crippen LogP contribution in [0.25, 0.3) is 5.69 Å². The minimum Gasteiger partial charge on any atom is -0.497 e. The molecule has 0 spiro atoms. The Morgan fingerprint density at radius 3 is 2.38 bits per heavy atom. The van der Waals surface area contributed by atoms with Crippen molar-refractivity contribution in [1.29, 1.82) is 0 Å². The normalized spacial score (nSPS) is 15.2. The summed E-state index contributed by atoms with van der Waals surface area (Å²) in [4.78, 5) is -0.0795. The Labute approximate surface area is 131 Å². The number of rotatable bonds is 4. The van der Waals surface area contributed by atoms with Crippen LogP contribution in [0.5, 0.6) is 5.75 Å². The van der Waals surface area contributed by atoms with E-state index in [0.29, 0.717) is 17.1 Å². The van der Waals surface area contributed by atoms with Gasteiger partial charge in [0.25, 0.3) is 9.05 Å². The predicted octanol–water partition coefficient (Wildman–Crippen LogP) is 3.34. The maximum absolute atomic E-state index is 11.8. The van der Waals surface area contributed by atoms with Crippen LogP contribution in [0.15, 0.2) is 29.2 Å². The van der Waals surface area contributed by atoms with Crippen molar-refractivity contribution in [2.75, 3.05) is 7.11 Å². The van der Waals surface area contributed by atoms with Gasteiger partial charge in [-0.25, -0.2) is 13.1 Å². The third-order valence-corrected chi connectivity index (χ3v) is 5.15. The van der Waals surface area contributed by atoms with Gasteiger partial charge < -0.3 is 4.74 Å². The van der Waals surface area contributed by atoms with E-state index in [1.54, 1.807) is 31.4 Å². The van der Waals surface area contributed by atoms with Crippen molar-refractivity contribution in [3.8, 4) is 11.4 Å². The summed E-state index contributed by atoms with van der Waals surface area (Å²) < 4.78 is 30.0. The van der Waals surface area contributed by atoms with E-state index in [1.165, 1.54) is 4.68 Å². The topological polar surface area (TPSA) is 61.2 Å². The Hall–Kier alpha value is -1.24. The molecule has 1 aromatic heterocycles. The summed E-state index contributed by atoms with van der Waals surface area (Å²) in [5, 5.41) is 4.36. The lowest BCUT2D eigenvalue weighted by molar-refractivity contribution is 0.414. The zero-order valence-corrected chi connectivity index (χ0v) is 13.4. The first-order valence-electron chi connectivity index (χ1n) is 6.29. The maximum Gasteiger partial charge on any atom is 0.266 e. The summed E-state index contributed by atoms with van der Waals surface area (Å²) in [6.07, 6.45) is 1.80. The van der Waals surface area contributed by atoms with Gasteiger partial charge in [-0.2, -0.15) is 5.10 Å². The van der Waals surface area contributed by atoms with Crippen LogP contribution >= 0.6 is 22.3 Å². The quantitative estimate of drug-likeness (QED) is 0.796. The minimum atomic E-state index is -3.94. The molecule has 112 valence electrons. The average Bonchev–Trinajstić information content (AvgIpc) is 3.21. The van der Waals surface area contributed by atoms with Crippen LogP contribution in [-0.2, 0) is 9.05 Å². The second-order valence-corrected chi connectivity index (χ2v) is 7.69. The van der Waals surface area contributed by atoms with Gasteiger partial charge in [0.15, 0.2) is 5.15 Å². The van der Waals surface area contributed by atoms with E-state index in [2.05, 4.69) is 5.10 Å². The molecule has 0 amide bonds. The zero-order valence-electron chi connectivity index (χ0n) is 11.1. The molecule has 0 bridgehead atoms. The SMILES string of the molecule is COc1ccc(-n2nc(C3CC3)c(S(=O)(=O)Cl)c2Cl)cc1. The molecule has 0 unspecified atom stereocenters. The molecule has 2 aromatic rings. The maximum atomic E-state index is 11.8. The third kappa shape index (κ3) is 2.75. The Morgan fingerprint density at radius 2 is 1.90 bits per heavy atom. The standard InChI is InChI=1S/C13H12Cl2N2O3S/c1-20-10-6-4-9(5-7-10)17-13(14)12(21(15,18)19)11(16-17)8-2-3-8/h4-8H,2-3H2,1H3. The van der Waals surface area contributed by atoms with E-state index in [-0.39, 0.29) is 16.0 Å². The van der Waals surface area contributed by atoms with Crippen molar-refractivity contribution in [2.24, 2.45) is 0 Å². The van der Waals surface area contributed by atoms with Gasteiger partial charge in [0.2, 0.25) is 0 Å². The number of methoxy groups -OCH3 is 1. The largest absolute Gasteiger partial charge is 0.497 e. The number of aromatic nitrogens is 2. The molecule has 3 rings (SSSR count). The van der Waals surface area contributed by atoms with Crippen LogP contribution in [-0.4, -0.2) is 25.3 Å². The molecule has 1 heterocycles. The second kappa shape index (κ2) is 5.19. The fourth-order valence-electron chi connectivity index (χ4n) is 2.14. The molecule has 0 N–H and O–H groups in total. The van der Waals surface area contributed by atoms with Crippen molar-refractivity contribution in [3.05, 3.63) is 35.1 Å². The fraction of sp³-hybridized carbons (Fsp3) is 0.308. The summed E-state index contributed by atoms with van der Waals surface area (Å²) >= 11 is 6.20. The first kappa shape index (κ1) is 14.7. The van der Waals surface area contributed by atoms with Crippen LogP contribution in [0.1, 0.15) is 24.5 Å². The number of ether oxygens (including phenoxy) is 1. The van der Waals surface area contributed by atoms with Gasteiger partial charge in [0.1, 0.15) is 10.6 Å². The molecule has 1 saturated carbocycles. The molecule has 1 aliphatic carbocycles. The lowest BCUT2D eigenvalue weighted by Crippen LogP contribution is -1.97. The van der Waals surface area contributed by atoms with Gasteiger partial charge in [-0.3, -0.25) is 0 Å². The van der Waals surface area contributed by atoms with E-state index >= 15 is 0 Å². The summed E-state index contributed by atoms with van der Waals surface area (Å²) in [6.45, 7) is 0. The van der Waals surface area contributed by atoms with Gasteiger partial charge in [-0.1, -0.05) is 11.6 Å². The molecule has 1 aromatic carbocycles.